The number of nitrogens with zero attached hydrogens (tertiary/aromatic N) is 1. The molecular weight excluding hydrogens is 226 g/mol. The van der Waals surface area contributed by atoms with Crippen molar-refractivity contribution in [1.82, 2.24) is 0 Å². The first-order valence-electron chi connectivity index (χ1n) is 5.94. The zero-order chi connectivity index (χ0) is 12.5. The number of anilines is 2. The highest BCUT2D eigenvalue weighted by atomic mass is 16.7. The van der Waals surface area contributed by atoms with Gasteiger partial charge >= 0.3 is 0 Å². The van der Waals surface area contributed by atoms with E-state index >= 15 is 0 Å². The summed E-state index contributed by atoms with van der Waals surface area (Å²) < 4.78 is 10.7. The van der Waals surface area contributed by atoms with Gasteiger partial charge in [0.2, 0.25) is 6.79 Å². The lowest BCUT2D eigenvalue weighted by Gasteiger charge is -2.19. The van der Waals surface area contributed by atoms with Gasteiger partial charge in [0.15, 0.2) is 11.5 Å². The fourth-order valence-electron chi connectivity index (χ4n) is 2.01. The van der Waals surface area contributed by atoms with Crippen LogP contribution in [0, 0.1) is 6.92 Å². The van der Waals surface area contributed by atoms with Crippen LogP contribution in [0.1, 0.15) is 5.56 Å². The van der Waals surface area contributed by atoms with Crippen LogP contribution in [-0.2, 0) is 0 Å². The standard InChI is InChI=1S/C15H15NO2/c1-11-3-5-12(6-4-11)16(2)13-7-8-14-15(9-13)18-10-17-14/h3-9H,10H2,1-2H3. The number of ether oxygens (including phenoxy) is 2. The van der Waals surface area contributed by atoms with Crippen molar-refractivity contribution >= 4 is 11.4 Å². The van der Waals surface area contributed by atoms with Gasteiger partial charge in [-0.25, -0.2) is 0 Å². The molecule has 0 saturated heterocycles. The van der Waals surface area contributed by atoms with Crippen molar-refractivity contribution in [3.05, 3.63) is 48.0 Å². The van der Waals surface area contributed by atoms with E-state index in [4.69, 9.17) is 9.47 Å². The van der Waals surface area contributed by atoms with Gasteiger partial charge in [0.1, 0.15) is 0 Å². The van der Waals surface area contributed by atoms with Crippen molar-refractivity contribution in [3.8, 4) is 11.5 Å². The first-order chi connectivity index (χ1) is 8.74. The highest BCUT2D eigenvalue weighted by Gasteiger charge is 2.15. The van der Waals surface area contributed by atoms with E-state index in [-0.39, 0.29) is 0 Å². The van der Waals surface area contributed by atoms with Gasteiger partial charge in [-0.15, -0.1) is 0 Å². The summed E-state index contributed by atoms with van der Waals surface area (Å²) in [4.78, 5) is 2.13. The Morgan fingerprint density at radius 2 is 1.56 bits per heavy atom. The molecule has 0 radical (unpaired) electrons. The van der Waals surface area contributed by atoms with Crippen molar-refractivity contribution in [1.29, 1.82) is 0 Å². The molecule has 1 aliphatic rings. The second-order valence-corrected chi connectivity index (χ2v) is 4.43. The molecule has 0 fully saturated rings. The van der Waals surface area contributed by atoms with E-state index in [9.17, 15) is 0 Å². The van der Waals surface area contributed by atoms with Crippen LogP contribution < -0.4 is 14.4 Å². The molecule has 1 heterocycles. The maximum Gasteiger partial charge on any atom is 0.231 e. The highest BCUT2D eigenvalue weighted by Crippen LogP contribution is 2.36. The Balaban J connectivity index is 1.92. The van der Waals surface area contributed by atoms with E-state index in [1.165, 1.54) is 5.56 Å². The van der Waals surface area contributed by atoms with Gasteiger partial charge in [0.25, 0.3) is 0 Å². The predicted molar refractivity (Wildman–Crippen MR) is 71.8 cm³/mol. The van der Waals surface area contributed by atoms with Gasteiger partial charge in [-0.05, 0) is 31.2 Å². The summed E-state index contributed by atoms with van der Waals surface area (Å²) in [7, 11) is 2.04. The third-order valence-corrected chi connectivity index (χ3v) is 3.16. The molecule has 0 spiro atoms. The molecule has 0 bridgehead atoms. The Labute approximate surface area is 107 Å². The van der Waals surface area contributed by atoms with E-state index in [0.717, 1.165) is 22.9 Å². The van der Waals surface area contributed by atoms with Crippen LogP contribution in [0.5, 0.6) is 11.5 Å². The van der Waals surface area contributed by atoms with Crippen molar-refractivity contribution in [2.75, 3.05) is 18.7 Å². The van der Waals surface area contributed by atoms with Crippen molar-refractivity contribution in [2.24, 2.45) is 0 Å². The number of fused-ring (bicyclic) bond motifs is 1. The Kier molecular flexibility index (Phi) is 2.59. The monoisotopic (exact) mass is 241 g/mol. The van der Waals surface area contributed by atoms with Gasteiger partial charge in [-0.1, -0.05) is 17.7 Å². The molecule has 18 heavy (non-hydrogen) atoms. The molecule has 0 saturated carbocycles. The maximum atomic E-state index is 5.40. The predicted octanol–water partition coefficient (Wildman–Crippen LogP) is 3.49. The molecule has 1 aliphatic heterocycles. The Hall–Kier alpha value is -2.16. The summed E-state index contributed by atoms with van der Waals surface area (Å²) in [5.41, 5.74) is 3.50. The van der Waals surface area contributed by atoms with Crippen LogP contribution in [0.2, 0.25) is 0 Å². The van der Waals surface area contributed by atoms with Crippen LogP contribution in [-0.4, -0.2) is 13.8 Å². The van der Waals surface area contributed by atoms with E-state index < -0.39 is 0 Å². The largest absolute Gasteiger partial charge is 0.454 e. The Morgan fingerprint density at radius 3 is 2.33 bits per heavy atom. The SMILES string of the molecule is Cc1ccc(N(C)c2ccc3c(c2)OCO3)cc1. The average Bonchev–Trinajstić information content (AvgIpc) is 2.86. The molecule has 92 valence electrons. The second-order valence-electron chi connectivity index (χ2n) is 4.43. The van der Waals surface area contributed by atoms with Crippen molar-refractivity contribution < 1.29 is 9.47 Å². The highest BCUT2D eigenvalue weighted by molar-refractivity contribution is 5.66. The fraction of sp³-hybridized carbons (Fsp3) is 0.200. The lowest BCUT2D eigenvalue weighted by Crippen LogP contribution is -2.09. The quantitative estimate of drug-likeness (QED) is 0.803. The normalized spacial score (nSPS) is 12.6. The number of aryl methyl sites for hydroxylation is 1. The first kappa shape index (κ1) is 11.0. The van der Waals surface area contributed by atoms with E-state index in [1.54, 1.807) is 0 Å². The molecule has 0 N–H and O–H groups in total. The summed E-state index contributed by atoms with van der Waals surface area (Å²) >= 11 is 0. The minimum atomic E-state index is 0.313. The van der Waals surface area contributed by atoms with E-state index in [1.807, 2.05) is 25.2 Å². The molecule has 0 aliphatic carbocycles. The molecular formula is C15H15NO2. The third kappa shape index (κ3) is 1.88. The Bertz CT molecular complexity index is 563. The van der Waals surface area contributed by atoms with Gasteiger partial charge < -0.3 is 14.4 Å². The molecule has 0 atom stereocenters. The van der Waals surface area contributed by atoms with E-state index in [0.29, 0.717) is 6.79 Å². The summed E-state index contributed by atoms with van der Waals surface area (Å²) in [5.74, 6) is 1.63. The average molecular weight is 241 g/mol. The van der Waals surface area contributed by atoms with Gasteiger partial charge in [-0.3, -0.25) is 0 Å². The first-order valence-corrected chi connectivity index (χ1v) is 5.94. The molecule has 3 heteroatoms. The van der Waals surface area contributed by atoms with Gasteiger partial charge in [0, 0.05) is 24.5 Å². The fourth-order valence-corrected chi connectivity index (χ4v) is 2.01. The van der Waals surface area contributed by atoms with E-state index in [2.05, 4.69) is 36.1 Å². The Morgan fingerprint density at radius 1 is 0.889 bits per heavy atom. The molecule has 0 amide bonds. The molecule has 0 unspecified atom stereocenters. The molecule has 2 aromatic carbocycles. The van der Waals surface area contributed by atoms with Gasteiger partial charge in [0.05, 0.1) is 0 Å². The summed E-state index contributed by atoms with van der Waals surface area (Å²) in [5, 5.41) is 0. The summed E-state index contributed by atoms with van der Waals surface area (Å²) in [6.07, 6.45) is 0. The third-order valence-electron chi connectivity index (χ3n) is 3.16. The minimum Gasteiger partial charge on any atom is -0.454 e. The smallest absolute Gasteiger partial charge is 0.231 e. The van der Waals surface area contributed by atoms with Crippen LogP contribution in [0.4, 0.5) is 11.4 Å². The van der Waals surface area contributed by atoms with Crippen LogP contribution in [0.15, 0.2) is 42.5 Å². The summed E-state index contributed by atoms with van der Waals surface area (Å²) in [6, 6.07) is 14.4. The molecule has 3 nitrogen and oxygen atoms in total. The van der Waals surface area contributed by atoms with Crippen molar-refractivity contribution in [3.63, 3.8) is 0 Å². The number of benzene rings is 2. The number of rotatable bonds is 2. The molecule has 2 aromatic rings. The minimum absolute atomic E-state index is 0.313. The lowest BCUT2D eigenvalue weighted by molar-refractivity contribution is 0.174. The van der Waals surface area contributed by atoms with Crippen LogP contribution in [0.25, 0.3) is 0 Å². The van der Waals surface area contributed by atoms with Crippen LogP contribution >= 0.6 is 0 Å². The summed E-state index contributed by atoms with van der Waals surface area (Å²) in [6.45, 7) is 2.40. The topological polar surface area (TPSA) is 21.7 Å². The second kappa shape index (κ2) is 4.26. The molecule has 0 aromatic heterocycles. The number of hydrogen-bond donors (Lipinski definition) is 0. The number of hydrogen-bond acceptors (Lipinski definition) is 3. The maximum absolute atomic E-state index is 5.40. The van der Waals surface area contributed by atoms with Crippen molar-refractivity contribution in [2.45, 2.75) is 6.92 Å². The zero-order valence-electron chi connectivity index (χ0n) is 10.5. The zero-order valence-corrected chi connectivity index (χ0v) is 10.5. The van der Waals surface area contributed by atoms with Gasteiger partial charge in [-0.2, -0.15) is 0 Å². The van der Waals surface area contributed by atoms with Crippen LogP contribution in [0.3, 0.4) is 0 Å². The molecule has 3 rings (SSSR count). The lowest BCUT2D eigenvalue weighted by atomic mass is 10.2.